The van der Waals surface area contributed by atoms with Gasteiger partial charge in [-0.25, -0.2) is 0 Å². The van der Waals surface area contributed by atoms with Gasteiger partial charge in [-0.05, 0) is 47.5 Å². The SMILES string of the molecule is CC(C)C1N(C(C)C)C(C)(C)C(=O)N(C)C1(C)C. The first-order chi connectivity index (χ1) is 7.95. The Morgan fingerprint density at radius 1 is 1.06 bits per heavy atom. The van der Waals surface area contributed by atoms with E-state index in [4.69, 9.17) is 0 Å². The number of hydrogen-bond donors (Lipinski definition) is 0. The molecule has 0 aromatic carbocycles. The molecule has 0 aliphatic carbocycles. The Kier molecular flexibility index (Phi) is 3.89. The highest BCUT2D eigenvalue weighted by molar-refractivity contribution is 5.87. The minimum atomic E-state index is -0.423. The molecule has 1 unspecified atom stereocenters. The van der Waals surface area contributed by atoms with Gasteiger partial charge < -0.3 is 4.90 Å². The zero-order valence-corrected chi connectivity index (χ0v) is 13.5. The summed E-state index contributed by atoms with van der Waals surface area (Å²) in [6.07, 6.45) is 0. The van der Waals surface area contributed by atoms with Gasteiger partial charge in [0.15, 0.2) is 0 Å². The first-order valence-corrected chi connectivity index (χ1v) is 7.02. The van der Waals surface area contributed by atoms with Crippen LogP contribution >= 0.6 is 0 Å². The monoisotopic (exact) mass is 254 g/mol. The van der Waals surface area contributed by atoms with E-state index in [1.807, 2.05) is 11.9 Å². The van der Waals surface area contributed by atoms with Gasteiger partial charge in [0.2, 0.25) is 5.91 Å². The topological polar surface area (TPSA) is 23.6 Å². The van der Waals surface area contributed by atoms with Gasteiger partial charge in [0.1, 0.15) is 0 Å². The van der Waals surface area contributed by atoms with Crippen molar-refractivity contribution in [2.24, 2.45) is 5.92 Å². The van der Waals surface area contributed by atoms with Crippen molar-refractivity contribution in [3.05, 3.63) is 0 Å². The van der Waals surface area contributed by atoms with Gasteiger partial charge in [0.25, 0.3) is 0 Å². The molecule has 3 nitrogen and oxygen atoms in total. The zero-order chi connectivity index (χ0) is 14.5. The standard InChI is InChI=1S/C15H30N2O/c1-10(2)12-14(5,6)16(9)13(18)15(7,8)17(12)11(3)4/h10-12H,1-9H3. The molecule has 3 heteroatoms. The van der Waals surface area contributed by atoms with E-state index in [0.717, 1.165) is 0 Å². The summed E-state index contributed by atoms with van der Waals surface area (Å²) >= 11 is 0. The van der Waals surface area contributed by atoms with Crippen LogP contribution in [0.3, 0.4) is 0 Å². The van der Waals surface area contributed by atoms with Crippen molar-refractivity contribution in [2.45, 2.75) is 78.6 Å². The lowest BCUT2D eigenvalue weighted by Crippen LogP contribution is -2.76. The highest BCUT2D eigenvalue weighted by atomic mass is 16.2. The molecule has 1 rings (SSSR count). The highest BCUT2D eigenvalue weighted by Crippen LogP contribution is 2.40. The fraction of sp³-hybridized carbons (Fsp3) is 0.933. The fourth-order valence-corrected chi connectivity index (χ4v) is 3.77. The molecule has 1 amide bonds. The average Bonchev–Trinajstić information content (AvgIpc) is 2.19. The number of piperazine rings is 1. The van der Waals surface area contributed by atoms with Gasteiger partial charge in [-0.15, -0.1) is 0 Å². The molecule has 0 saturated carbocycles. The van der Waals surface area contributed by atoms with Crippen molar-refractivity contribution in [1.82, 2.24) is 9.80 Å². The van der Waals surface area contributed by atoms with E-state index in [9.17, 15) is 4.79 Å². The van der Waals surface area contributed by atoms with E-state index in [2.05, 4.69) is 60.3 Å². The van der Waals surface area contributed by atoms with Crippen molar-refractivity contribution in [3.63, 3.8) is 0 Å². The van der Waals surface area contributed by atoms with Crippen LogP contribution in [-0.4, -0.2) is 45.9 Å². The second kappa shape index (κ2) is 4.52. The van der Waals surface area contributed by atoms with Crippen molar-refractivity contribution in [1.29, 1.82) is 0 Å². The number of carbonyl (C=O) groups excluding carboxylic acids is 1. The fourth-order valence-electron chi connectivity index (χ4n) is 3.77. The molecular formula is C15H30N2O. The lowest BCUT2D eigenvalue weighted by Gasteiger charge is -2.61. The van der Waals surface area contributed by atoms with Gasteiger partial charge >= 0.3 is 0 Å². The Morgan fingerprint density at radius 3 is 1.83 bits per heavy atom. The Hall–Kier alpha value is -0.570. The second-order valence-electron chi connectivity index (χ2n) is 7.27. The molecule has 1 saturated heterocycles. The molecule has 106 valence electrons. The van der Waals surface area contributed by atoms with E-state index < -0.39 is 5.54 Å². The number of carbonyl (C=O) groups is 1. The zero-order valence-electron chi connectivity index (χ0n) is 13.5. The predicted octanol–water partition coefficient (Wildman–Crippen LogP) is 2.75. The first-order valence-electron chi connectivity index (χ1n) is 7.02. The quantitative estimate of drug-likeness (QED) is 0.756. The third-order valence-electron chi connectivity index (χ3n) is 4.55. The Labute approximate surface area is 113 Å². The molecule has 1 heterocycles. The molecule has 1 atom stereocenters. The largest absolute Gasteiger partial charge is 0.337 e. The second-order valence-corrected chi connectivity index (χ2v) is 7.27. The maximum atomic E-state index is 12.6. The van der Waals surface area contributed by atoms with E-state index >= 15 is 0 Å². The normalized spacial score (nSPS) is 28.3. The third kappa shape index (κ3) is 2.07. The third-order valence-corrected chi connectivity index (χ3v) is 4.55. The molecule has 0 spiro atoms. The Bertz CT molecular complexity index is 331. The number of nitrogens with zero attached hydrogens (tertiary/aromatic N) is 2. The highest BCUT2D eigenvalue weighted by Gasteiger charge is 2.55. The van der Waals surface area contributed by atoms with Crippen LogP contribution in [0, 0.1) is 5.92 Å². The van der Waals surface area contributed by atoms with Crippen LogP contribution in [0.2, 0.25) is 0 Å². The van der Waals surface area contributed by atoms with E-state index in [1.54, 1.807) is 0 Å². The summed E-state index contributed by atoms with van der Waals surface area (Å²) in [7, 11) is 1.94. The maximum absolute atomic E-state index is 12.6. The van der Waals surface area contributed by atoms with Crippen LogP contribution in [0.25, 0.3) is 0 Å². The summed E-state index contributed by atoms with van der Waals surface area (Å²) in [6, 6.07) is 0.736. The number of amides is 1. The van der Waals surface area contributed by atoms with Crippen LogP contribution in [0.4, 0.5) is 0 Å². The lowest BCUT2D eigenvalue weighted by molar-refractivity contribution is -0.173. The summed E-state index contributed by atoms with van der Waals surface area (Å²) in [4.78, 5) is 17.0. The number of rotatable bonds is 2. The molecule has 18 heavy (non-hydrogen) atoms. The van der Waals surface area contributed by atoms with E-state index in [1.165, 1.54) is 0 Å². The predicted molar refractivity (Wildman–Crippen MR) is 76.5 cm³/mol. The van der Waals surface area contributed by atoms with Crippen molar-refractivity contribution < 1.29 is 4.79 Å². The smallest absolute Gasteiger partial charge is 0.242 e. The molecule has 0 radical (unpaired) electrons. The summed E-state index contributed by atoms with van der Waals surface area (Å²) in [5.41, 5.74) is -0.557. The summed E-state index contributed by atoms with van der Waals surface area (Å²) < 4.78 is 0. The van der Waals surface area contributed by atoms with Crippen LogP contribution in [-0.2, 0) is 4.79 Å². The van der Waals surface area contributed by atoms with Crippen LogP contribution in [0.5, 0.6) is 0 Å². The Morgan fingerprint density at radius 2 is 1.50 bits per heavy atom. The molecule has 0 aromatic rings. The van der Waals surface area contributed by atoms with Gasteiger partial charge in [-0.2, -0.15) is 0 Å². The maximum Gasteiger partial charge on any atom is 0.242 e. The van der Waals surface area contributed by atoms with Crippen LogP contribution in [0.1, 0.15) is 55.4 Å². The summed E-state index contributed by atoms with van der Waals surface area (Å²) in [6.45, 7) is 17.3. The van der Waals surface area contributed by atoms with E-state index in [0.29, 0.717) is 18.0 Å². The number of hydrogen-bond acceptors (Lipinski definition) is 2. The molecule has 1 fully saturated rings. The average molecular weight is 254 g/mol. The minimum Gasteiger partial charge on any atom is -0.337 e. The minimum absolute atomic E-state index is 0.134. The van der Waals surface area contributed by atoms with Gasteiger partial charge in [-0.1, -0.05) is 13.8 Å². The Balaban J connectivity index is 3.37. The van der Waals surface area contributed by atoms with Gasteiger partial charge in [0, 0.05) is 19.1 Å². The molecular weight excluding hydrogens is 224 g/mol. The van der Waals surface area contributed by atoms with Crippen molar-refractivity contribution in [2.75, 3.05) is 7.05 Å². The molecule has 0 bridgehead atoms. The van der Waals surface area contributed by atoms with Crippen molar-refractivity contribution >= 4 is 5.91 Å². The van der Waals surface area contributed by atoms with Crippen LogP contribution < -0.4 is 0 Å². The molecule has 0 aromatic heterocycles. The molecule has 1 aliphatic heterocycles. The first kappa shape index (κ1) is 15.5. The number of likely N-dealkylation sites (N-methyl/N-ethyl adjacent to an activating group) is 1. The summed E-state index contributed by atoms with van der Waals surface area (Å²) in [5.74, 6) is 0.732. The van der Waals surface area contributed by atoms with E-state index in [-0.39, 0.29) is 11.4 Å². The summed E-state index contributed by atoms with van der Waals surface area (Å²) in [5, 5.41) is 0. The van der Waals surface area contributed by atoms with Crippen molar-refractivity contribution in [3.8, 4) is 0 Å². The van der Waals surface area contributed by atoms with Gasteiger partial charge in [0.05, 0.1) is 11.1 Å². The molecule has 1 aliphatic rings. The van der Waals surface area contributed by atoms with Gasteiger partial charge in [-0.3, -0.25) is 9.69 Å². The molecule has 0 N–H and O–H groups in total. The lowest BCUT2D eigenvalue weighted by atomic mass is 9.76. The van der Waals surface area contributed by atoms with Crippen LogP contribution in [0.15, 0.2) is 0 Å².